The molecule has 0 fully saturated rings. The molecule has 0 saturated carbocycles. The Morgan fingerprint density at radius 3 is 0.776 bits per heavy atom. The monoisotopic (exact) mass is 782 g/mol. The van der Waals surface area contributed by atoms with Gasteiger partial charge in [-0.2, -0.15) is 10.2 Å². The van der Waals surface area contributed by atoms with Gasteiger partial charge >= 0.3 is 0 Å². The molecule has 10 rings (SSSR count). The van der Waals surface area contributed by atoms with Crippen molar-refractivity contribution in [2.75, 3.05) is 0 Å². The third kappa shape index (κ3) is 5.92. The zero-order chi connectivity index (χ0) is 38.8. The average molecular weight is 783 g/mol. The number of rotatable bonds is 11. The van der Waals surface area contributed by atoms with E-state index in [-0.39, 0.29) is 0 Å². The highest BCUT2D eigenvalue weighted by molar-refractivity contribution is 7.86. The highest BCUT2D eigenvalue weighted by Crippen LogP contribution is 2.62. The highest BCUT2D eigenvalue weighted by Gasteiger charge is 2.64. The van der Waals surface area contributed by atoms with Crippen LogP contribution in [0.1, 0.15) is 22.3 Å². The molecule has 0 aromatic heterocycles. The fourth-order valence-electron chi connectivity index (χ4n) is 8.97. The molecule has 278 valence electrons. The molecule has 0 atom stereocenters. The van der Waals surface area contributed by atoms with Crippen molar-refractivity contribution in [2.45, 2.75) is 11.1 Å². The van der Waals surface area contributed by atoms with Crippen LogP contribution in [-0.2, 0) is 11.1 Å². The third-order valence-corrected chi connectivity index (χ3v) is 15.5. The molecule has 0 unspecified atom stereocenters. The number of hydrogen-bond acceptors (Lipinski definition) is 4. The minimum atomic E-state index is -0.951. The van der Waals surface area contributed by atoms with E-state index in [1.165, 1.54) is 43.5 Å². The molecule has 8 aromatic rings. The lowest BCUT2D eigenvalue weighted by Gasteiger charge is -2.48. The molecule has 2 N–H and O–H groups in total. The van der Waals surface area contributed by atoms with Gasteiger partial charge in [0, 0.05) is 15.8 Å². The van der Waals surface area contributed by atoms with Gasteiger partial charge in [0.2, 0.25) is 0 Å². The smallest absolute Gasteiger partial charge is 0.139 e. The molecule has 2 aliphatic carbocycles. The summed E-state index contributed by atoms with van der Waals surface area (Å²) in [4.78, 5) is 0. The summed E-state index contributed by atoms with van der Waals surface area (Å²) in [5.41, 5.74) is 15.4. The van der Waals surface area contributed by atoms with Gasteiger partial charge < -0.3 is 0 Å². The zero-order valence-electron chi connectivity index (χ0n) is 31.7. The third-order valence-electron chi connectivity index (χ3n) is 11.4. The van der Waals surface area contributed by atoms with Gasteiger partial charge in [-0.15, -0.1) is 0 Å². The maximum atomic E-state index is 5.42. The first-order valence-electron chi connectivity index (χ1n) is 19.6. The summed E-state index contributed by atoms with van der Waals surface area (Å²) in [7, 11) is -1.87. The molecule has 4 nitrogen and oxygen atoms in total. The van der Waals surface area contributed by atoms with Crippen LogP contribution in [0.25, 0.3) is 22.3 Å². The van der Waals surface area contributed by atoms with Crippen LogP contribution in [-0.4, -0.2) is 11.9 Å². The maximum Gasteiger partial charge on any atom is 0.139 e. The molecule has 6 heteroatoms. The average Bonchev–Trinajstić information content (AvgIpc) is 3.76. The van der Waals surface area contributed by atoms with Gasteiger partial charge in [0.05, 0.1) is 11.9 Å². The maximum absolute atomic E-state index is 5.42. The van der Waals surface area contributed by atoms with Crippen molar-refractivity contribution in [2.24, 2.45) is 10.2 Å². The molecule has 0 saturated heterocycles. The van der Waals surface area contributed by atoms with Gasteiger partial charge in [-0.3, -0.25) is 10.9 Å². The Balaban J connectivity index is 1.22. The summed E-state index contributed by atoms with van der Waals surface area (Å²) in [6.45, 7) is 0. The SMILES string of the molecule is C(=N/NC1(C2(N/N=C\P(c3ccccc3)c3ccccc3)c3ccccc3-c3ccccc32)c2ccccc2-c2ccccc21)/P(c1ccccc1)c1ccccc1. The lowest BCUT2D eigenvalue weighted by Crippen LogP contribution is -2.62. The minimum Gasteiger partial charge on any atom is -0.292 e. The van der Waals surface area contributed by atoms with Crippen LogP contribution < -0.4 is 32.1 Å². The van der Waals surface area contributed by atoms with Gasteiger partial charge in [-0.1, -0.05) is 218 Å². The molecule has 0 radical (unpaired) electrons. The number of hydrogen-bond donors (Lipinski definition) is 2. The predicted octanol–water partition coefficient (Wildman–Crippen LogP) is 10.2. The largest absolute Gasteiger partial charge is 0.292 e. The van der Waals surface area contributed by atoms with E-state index in [9.17, 15) is 0 Å². The number of fused-ring (bicyclic) bond motifs is 6. The quantitative estimate of drug-likeness (QED) is 0.0780. The van der Waals surface area contributed by atoms with Crippen molar-refractivity contribution in [1.29, 1.82) is 0 Å². The fraction of sp³-hybridized carbons (Fsp3) is 0.0385. The Morgan fingerprint density at radius 2 is 0.517 bits per heavy atom. The fourth-order valence-corrected chi connectivity index (χ4v) is 12.4. The first-order valence-corrected chi connectivity index (χ1v) is 22.4. The zero-order valence-corrected chi connectivity index (χ0v) is 33.5. The summed E-state index contributed by atoms with van der Waals surface area (Å²) in [6.07, 6.45) is 0. The summed E-state index contributed by atoms with van der Waals surface area (Å²) >= 11 is 0. The molecule has 0 spiro atoms. The molecule has 58 heavy (non-hydrogen) atoms. The van der Waals surface area contributed by atoms with Crippen LogP contribution in [0.15, 0.2) is 229 Å². The topological polar surface area (TPSA) is 48.8 Å². The molecule has 0 aliphatic heterocycles. The summed E-state index contributed by atoms with van der Waals surface area (Å²) in [6, 6.07) is 78.1. The summed E-state index contributed by atoms with van der Waals surface area (Å²) in [5, 5.41) is 15.8. The molecular weight excluding hydrogens is 743 g/mol. The van der Waals surface area contributed by atoms with E-state index in [2.05, 4.69) is 241 Å². The van der Waals surface area contributed by atoms with Crippen LogP contribution in [0.3, 0.4) is 0 Å². The lowest BCUT2D eigenvalue weighted by molar-refractivity contribution is 0.217. The first kappa shape index (κ1) is 35.9. The van der Waals surface area contributed by atoms with Crippen molar-refractivity contribution < 1.29 is 0 Å². The van der Waals surface area contributed by atoms with Crippen LogP contribution in [0.4, 0.5) is 0 Å². The van der Waals surface area contributed by atoms with Crippen LogP contribution in [0, 0.1) is 0 Å². The second kappa shape index (κ2) is 15.5. The molecule has 0 heterocycles. The Hall–Kier alpha value is -6.44. The van der Waals surface area contributed by atoms with Gasteiger partial charge in [0.15, 0.2) is 0 Å². The molecule has 8 aromatic carbocycles. The Labute approximate surface area is 342 Å². The van der Waals surface area contributed by atoms with Crippen molar-refractivity contribution >= 4 is 49.0 Å². The van der Waals surface area contributed by atoms with E-state index in [4.69, 9.17) is 10.2 Å². The highest BCUT2D eigenvalue weighted by atomic mass is 31.1. The second-order valence-electron chi connectivity index (χ2n) is 14.5. The molecule has 0 bridgehead atoms. The number of nitrogens with one attached hydrogen (secondary N) is 2. The van der Waals surface area contributed by atoms with Gasteiger partial charge in [0.25, 0.3) is 0 Å². The standard InChI is InChI=1S/C52H40N4P2/c1-5-21-39(22-6-1)57(40-23-7-2-8-24-40)37-53-55-51(47-33-17-13-29-43(47)44-30-14-18-34-48(44)51)52(49-35-19-15-31-45(49)46-32-16-20-36-50(46)52)56-54-38-58(41-25-9-3-10-26-41)42-27-11-4-12-28-42/h1-38,55-56H/b53-37-,54-38-. The van der Waals surface area contributed by atoms with Gasteiger partial charge in [0.1, 0.15) is 11.1 Å². The normalized spacial score (nSPS) is 14.3. The van der Waals surface area contributed by atoms with Crippen LogP contribution in [0.5, 0.6) is 0 Å². The van der Waals surface area contributed by atoms with Gasteiger partial charge in [-0.05, 0) is 65.7 Å². The van der Waals surface area contributed by atoms with E-state index in [1.54, 1.807) is 0 Å². The first-order chi connectivity index (χ1) is 28.8. The minimum absolute atomic E-state index is 0.935. The van der Waals surface area contributed by atoms with E-state index in [0.717, 1.165) is 22.3 Å². The van der Waals surface area contributed by atoms with Gasteiger partial charge in [-0.25, -0.2) is 0 Å². The molecule has 0 amide bonds. The summed E-state index contributed by atoms with van der Waals surface area (Å²) in [5.74, 6) is 4.28. The van der Waals surface area contributed by atoms with Crippen molar-refractivity contribution in [3.8, 4) is 22.3 Å². The van der Waals surface area contributed by atoms with Crippen molar-refractivity contribution in [1.82, 2.24) is 10.9 Å². The molecule has 2 aliphatic rings. The number of benzene rings is 8. The predicted molar refractivity (Wildman–Crippen MR) is 247 cm³/mol. The molecular formula is C52H40N4P2. The van der Waals surface area contributed by atoms with Crippen molar-refractivity contribution in [3.05, 3.63) is 241 Å². The second-order valence-corrected chi connectivity index (χ2v) is 18.5. The number of hydrazone groups is 2. The Bertz CT molecular complexity index is 2390. The van der Waals surface area contributed by atoms with Crippen molar-refractivity contribution in [3.63, 3.8) is 0 Å². The summed E-state index contributed by atoms with van der Waals surface area (Å²) < 4.78 is 0. The van der Waals surface area contributed by atoms with E-state index in [0.29, 0.717) is 0 Å². The van der Waals surface area contributed by atoms with Crippen LogP contribution in [0.2, 0.25) is 0 Å². The number of nitrogens with zero attached hydrogens (tertiary/aromatic N) is 2. The van der Waals surface area contributed by atoms with Crippen LogP contribution >= 0.6 is 15.8 Å². The Kier molecular flexibility index (Phi) is 9.59. The van der Waals surface area contributed by atoms with E-state index < -0.39 is 26.9 Å². The lowest BCUT2D eigenvalue weighted by atomic mass is 9.66. The van der Waals surface area contributed by atoms with E-state index in [1.807, 2.05) is 0 Å². The van der Waals surface area contributed by atoms with E-state index >= 15 is 0 Å². The Morgan fingerprint density at radius 1 is 0.293 bits per heavy atom.